The SMILES string of the molecule is c1ccc(OCCC2NCCn3ccnc32)cc1. The monoisotopic (exact) mass is 243 g/mol. The van der Waals surface area contributed by atoms with Crippen molar-refractivity contribution in [3.8, 4) is 5.75 Å². The summed E-state index contributed by atoms with van der Waals surface area (Å²) in [5.74, 6) is 2.05. The van der Waals surface area contributed by atoms with Gasteiger partial charge in [-0.1, -0.05) is 18.2 Å². The molecular formula is C14H17N3O. The molecule has 0 saturated heterocycles. The van der Waals surface area contributed by atoms with E-state index < -0.39 is 0 Å². The molecule has 0 bridgehead atoms. The van der Waals surface area contributed by atoms with Crippen molar-refractivity contribution in [2.75, 3.05) is 13.2 Å². The van der Waals surface area contributed by atoms with E-state index in [1.165, 1.54) is 0 Å². The molecule has 0 fully saturated rings. The van der Waals surface area contributed by atoms with E-state index in [4.69, 9.17) is 4.74 Å². The Morgan fingerprint density at radius 2 is 2.22 bits per heavy atom. The van der Waals surface area contributed by atoms with E-state index in [2.05, 4.69) is 14.9 Å². The average molecular weight is 243 g/mol. The van der Waals surface area contributed by atoms with E-state index in [9.17, 15) is 0 Å². The molecule has 1 aromatic heterocycles. The molecule has 0 radical (unpaired) electrons. The maximum atomic E-state index is 5.72. The molecule has 1 aromatic carbocycles. The van der Waals surface area contributed by atoms with E-state index in [-0.39, 0.29) is 0 Å². The summed E-state index contributed by atoms with van der Waals surface area (Å²) in [6, 6.07) is 10.2. The fraction of sp³-hybridized carbons (Fsp3) is 0.357. The van der Waals surface area contributed by atoms with Crippen molar-refractivity contribution in [2.45, 2.75) is 19.0 Å². The number of aromatic nitrogens is 2. The van der Waals surface area contributed by atoms with E-state index >= 15 is 0 Å². The predicted octanol–water partition coefficient (Wildman–Crippen LogP) is 2.00. The summed E-state index contributed by atoms with van der Waals surface area (Å²) in [6.07, 6.45) is 4.85. The van der Waals surface area contributed by atoms with Crippen LogP contribution in [0.1, 0.15) is 18.3 Å². The van der Waals surface area contributed by atoms with Gasteiger partial charge in [0.2, 0.25) is 0 Å². The maximum absolute atomic E-state index is 5.72. The number of para-hydroxylation sites is 1. The zero-order valence-electron chi connectivity index (χ0n) is 10.2. The summed E-state index contributed by atoms with van der Waals surface area (Å²) in [4.78, 5) is 4.41. The lowest BCUT2D eigenvalue weighted by atomic mass is 10.1. The van der Waals surface area contributed by atoms with Crippen LogP contribution < -0.4 is 10.1 Å². The average Bonchev–Trinajstić information content (AvgIpc) is 2.89. The summed E-state index contributed by atoms with van der Waals surface area (Å²) >= 11 is 0. The van der Waals surface area contributed by atoms with Crippen LogP contribution in [-0.2, 0) is 6.54 Å². The highest BCUT2D eigenvalue weighted by molar-refractivity contribution is 5.20. The summed E-state index contributed by atoms with van der Waals surface area (Å²) < 4.78 is 7.94. The van der Waals surface area contributed by atoms with Gasteiger partial charge in [0.15, 0.2) is 0 Å². The molecule has 4 nitrogen and oxygen atoms in total. The van der Waals surface area contributed by atoms with Crippen LogP contribution >= 0.6 is 0 Å². The fourth-order valence-corrected chi connectivity index (χ4v) is 2.31. The summed E-state index contributed by atoms with van der Waals surface area (Å²) in [7, 11) is 0. The largest absolute Gasteiger partial charge is 0.494 e. The zero-order valence-corrected chi connectivity index (χ0v) is 10.2. The van der Waals surface area contributed by atoms with Crippen LogP contribution in [0.4, 0.5) is 0 Å². The Kier molecular flexibility index (Phi) is 3.28. The maximum Gasteiger partial charge on any atom is 0.126 e. The minimum Gasteiger partial charge on any atom is -0.494 e. The van der Waals surface area contributed by atoms with Gasteiger partial charge >= 0.3 is 0 Å². The number of fused-ring (bicyclic) bond motifs is 1. The number of hydrogen-bond donors (Lipinski definition) is 1. The molecule has 0 saturated carbocycles. The van der Waals surface area contributed by atoms with Gasteiger partial charge in [-0.05, 0) is 12.1 Å². The van der Waals surface area contributed by atoms with Crippen molar-refractivity contribution in [3.63, 3.8) is 0 Å². The number of imidazole rings is 1. The Hall–Kier alpha value is -1.81. The first-order chi connectivity index (χ1) is 8.93. The van der Waals surface area contributed by atoms with Gasteiger partial charge in [-0.3, -0.25) is 0 Å². The molecule has 2 aromatic rings. The van der Waals surface area contributed by atoms with Gasteiger partial charge < -0.3 is 14.6 Å². The van der Waals surface area contributed by atoms with Gasteiger partial charge in [0.25, 0.3) is 0 Å². The van der Waals surface area contributed by atoms with Gasteiger partial charge in [0, 0.05) is 31.9 Å². The standard InChI is InChI=1S/C14H17N3O/c1-2-4-12(5-3-1)18-11-6-13-14-16-8-10-17(14)9-7-15-13/h1-5,8,10,13,15H,6-7,9,11H2. The molecule has 0 aliphatic carbocycles. The summed E-state index contributed by atoms with van der Waals surface area (Å²) in [6.45, 7) is 2.71. The third-order valence-corrected chi connectivity index (χ3v) is 3.22. The molecule has 0 amide bonds. The Morgan fingerprint density at radius 3 is 3.11 bits per heavy atom. The Balaban J connectivity index is 1.56. The molecule has 1 atom stereocenters. The second-order valence-corrected chi connectivity index (χ2v) is 4.44. The third kappa shape index (κ3) is 2.38. The summed E-state index contributed by atoms with van der Waals surface area (Å²) in [5, 5.41) is 3.48. The smallest absolute Gasteiger partial charge is 0.126 e. The van der Waals surface area contributed by atoms with Crippen LogP contribution in [0, 0.1) is 0 Å². The van der Waals surface area contributed by atoms with Crippen LogP contribution in [-0.4, -0.2) is 22.7 Å². The lowest BCUT2D eigenvalue weighted by molar-refractivity contribution is 0.272. The van der Waals surface area contributed by atoms with Crippen molar-refractivity contribution < 1.29 is 4.74 Å². The minimum atomic E-state index is 0.303. The Labute approximate surface area is 107 Å². The van der Waals surface area contributed by atoms with Crippen molar-refractivity contribution in [2.24, 2.45) is 0 Å². The fourth-order valence-electron chi connectivity index (χ4n) is 2.31. The highest BCUT2D eigenvalue weighted by atomic mass is 16.5. The molecular weight excluding hydrogens is 226 g/mol. The molecule has 94 valence electrons. The van der Waals surface area contributed by atoms with E-state index in [0.717, 1.165) is 31.1 Å². The normalized spacial score (nSPS) is 18.3. The molecule has 1 unspecified atom stereocenters. The summed E-state index contributed by atoms with van der Waals surface area (Å²) in [5.41, 5.74) is 0. The van der Waals surface area contributed by atoms with E-state index in [1.54, 1.807) is 0 Å². The van der Waals surface area contributed by atoms with Gasteiger partial charge in [-0.2, -0.15) is 0 Å². The number of benzene rings is 1. The van der Waals surface area contributed by atoms with Crippen LogP contribution in [0.25, 0.3) is 0 Å². The second-order valence-electron chi connectivity index (χ2n) is 4.44. The third-order valence-electron chi connectivity index (χ3n) is 3.22. The highest BCUT2D eigenvalue weighted by Crippen LogP contribution is 2.19. The predicted molar refractivity (Wildman–Crippen MR) is 69.5 cm³/mol. The lowest BCUT2D eigenvalue weighted by Crippen LogP contribution is -2.34. The van der Waals surface area contributed by atoms with Crippen LogP contribution in [0.3, 0.4) is 0 Å². The van der Waals surface area contributed by atoms with E-state index in [1.807, 2.05) is 42.7 Å². The van der Waals surface area contributed by atoms with Gasteiger partial charge in [-0.25, -0.2) is 4.98 Å². The topological polar surface area (TPSA) is 39.1 Å². The van der Waals surface area contributed by atoms with Crippen LogP contribution in [0.15, 0.2) is 42.7 Å². The number of nitrogens with zero attached hydrogens (tertiary/aromatic N) is 2. The minimum absolute atomic E-state index is 0.303. The second kappa shape index (κ2) is 5.23. The highest BCUT2D eigenvalue weighted by Gasteiger charge is 2.20. The van der Waals surface area contributed by atoms with Crippen LogP contribution in [0.2, 0.25) is 0 Å². The van der Waals surface area contributed by atoms with E-state index in [0.29, 0.717) is 12.6 Å². The zero-order chi connectivity index (χ0) is 12.2. The molecule has 1 N–H and O–H groups in total. The number of nitrogens with one attached hydrogen (secondary N) is 1. The number of hydrogen-bond acceptors (Lipinski definition) is 3. The Bertz CT molecular complexity index is 495. The van der Waals surface area contributed by atoms with Crippen molar-refractivity contribution in [3.05, 3.63) is 48.5 Å². The first kappa shape index (κ1) is 11.3. The molecule has 4 heteroatoms. The van der Waals surface area contributed by atoms with Crippen LogP contribution in [0.5, 0.6) is 5.75 Å². The quantitative estimate of drug-likeness (QED) is 0.892. The molecule has 18 heavy (non-hydrogen) atoms. The number of ether oxygens (including phenoxy) is 1. The van der Waals surface area contributed by atoms with Crippen molar-refractivity contribution >= 4 is 0 Å². The molecule has 3 rings (SSSR count). The molecule has 2 heterocycles. The number of rotatable bonds is 4. The van der Waals surface area contributed by atoms with Crippen molar-refractivity contribution in [1.82, 2.24) is 14.9 Å². The first-order valence-electron chi connectivity index (χ1n) is 6.36. The molecule has 1 aliphatic heterocycles. The van der Waals surface area contributed by atoms with Gasteiger partial charge in [-0.15, -0.1) is 0 Å². The molecule has 1 aliphatic rings. The van der Waals surface area contributed by atoms with Gasteiger partial charge in [0.05, 0.1) is 12.6 Å². The lowest BCUT2D eigenvalue weighted by Gasteiger charge is -2.24. The molecule has 0 spiro atoms. The first-order valence-corrected chi connectivity index (χ1v) is 6.36. The van der Waals surface area contributed by atoms with Crippen molar-refractivity contribution in [1.29, 1.82) is 0 Å². The van der Waals surface area contributed by atoms with Gasteiger partial charge in [0.1, 0.15) is 11.6 Å². The Morgan fingerprint density at radius 1 is 1.33 bits per heavy atom.